The van der Waals surface area contributed by atoms with E-state index in [0.29, 0.717) is 5.75 Å². The number of rotatable bonds is 15. The summed E-state index contributed by atoms with van der Waals surface area (Å²) in [4.78, 5) is -0.510. The predicted molar refractivity (Wildman–Crippen MR) is 122 cm³/mol. The molecule has 2 aromatic carbocycles. The van der Waals surface area contributed by atoms with Crippen LogP contribution in [0.1, 0.15) is 83.1 Å². The minimum absolute atomic E-state index is 0. The van der Waals surface area contributed by atoms with Crippen LogP contribution in [0.2, 0.25) is 0 Å². The van der Waals surface area contributed by atoms with Gasteiger partial charge in [-0.25, -0.2) is 0 Å². The summed E-state index contributed by atoms with van der Waals surface area (Å²) in [5, 5.41) is 11.5. The number of aryl methyl sites for hydroxylation is 1. The molecule has 0 aliphatic heterocycles. The van der Waals surface area contributed by atoms with Crippen LogP contribution < -0.4 is 61.2 Å². The normalized spacial score (nSPS) is 11.2. The van der Waals surface area contributed by atoms with Gasteiger partial charge in [0.25, 0.3) is 10.1 Å². The zero-order chi connectivity index (χ0) is 22.5. The van der Waals surface area contributed by atoms with Crippen molar-refractivity contribution in [1.29, 1.82) is 0 Å². The van der Waals surface area contributed by atoms with Crippen molar-refractivity contribution in [1.82, 2.24) is 0 Å². The predicted octanol–water partition coefficient (Wildman–Crippen LogP) is 3.66. The second kappa shape index (κ2) is 16.3. The average Bonchev–Trinajstić information content (AvgIpc) is 2.73. The summed E-state index contributed by atoms with van der Waals surface area (Å²) in [7, 11) is -4.55. The van der Waals surface area contributed by atoms with Crippen LogP contribution in [0.4, 0.5) is 0 Å². The monoisotopic (exact) mass is 486 g/mol. The zero-order valence-corrected chi connectivity index (χ0v) is 23.5. The van der Waals surface area contributed by atoms with Crippen molar-refractivity contribution >= 4 is 10.1 Å². The van der Waals surface area contributed by atoms with Gasteiger partial charge in [-0.1, -0.05) is 95.4 Å². The van der Waals surface area contributed by atoms with Crippen LogP contribution in [0.15, 0.2) is 47.4 Å². The third-order valence-corrected chi connectivity index (χ3v) is 6.31. The van der Waals surface area contributed by atoms with Gasteiger partial charge in [-0.3, -0.25) is 4.55 Å². The van der Waals surface area contributed by atoms with Crippen molar-refractivity contribution in [2.75, 3.05) is 0 Å². The van der Waals surface area contributed by atoms with Crippen molar-refractivity contribution in [3.63, 3.8) is 0 Å². The molecule has 1 N–H and O–H groups in total. The van der Waals surface area contributed by atoms with Crippen molar-refractivity contribution in [3.8, 4) is 17.2 Å². The molecular weight excluding hydrogens is 451 g/mol. The van der Waals surface area contributed by atoms with Crippen molar-refractivity contribution in [2.24, 2.45) is 0 Å². The quantitative estimate of drug-likeness (QED) is 0.236. The van der Waals surface area contributed by atoms with Crippen LogP contribution in [0.5, 0.6) is 17.2 Å². The Labute approximate surface area is 236 Å². The summed E-state index contributed by atoms with van der Waals surface area (Å²) < 4.78 is 38.4. The molecule has 0 amide bonds. The summed E-state index contributed by atoms with van der Waals surface area (Å²) >= 11 is 0. The van der Waals surface area contributed by atoms with Gasteiger partial charge in [-0.2, -0.15) is 8.42 Å². The molecule has 172 valence electrons. The third kappa shape index (κ3) is 11.1. The van der Waals surface area contributed by atoms with Gasteiger partial charge in [-0.05, 0) is 36.6 Å². The number of benzene rings is 2. The maximum absolute atomic E-state index is 11.6. The first-order valence-corrected chi connectivity index (χ1v) is 12.9. The number of hydrogen-bond acceptors (Lipinski definition) is 4. The van der Waals surface area contributed by atoms with E-state index in [-0.39, 0.29) is 57.1 Å². The Balaban J connectivity index is 0.00000512. The number of ether oxygens (including phenoxy) is 1. The van der Waals surface area contributed by atoms with Gasteiger partial charge in [0.2, 0.25) is 0 Å². The Morgan fingerprint density at radius 3 is 1.97 bits per heavy atom. The molecule has 2 rings (SSSR count). The van der Waals surface area contributed by atoms with E-state index in [1.165, 1.54) is 69.9 Å². The molecular formula is C25H35KO5S. The third-order valence-electron chi connectivity index (χ3n) is 5.44. The molecule has 5 nitrogen and oxygen atoms in total. The number of para-hydroxylation sites is 1. The summed E-state index contributed by atoms with van der Waals surface area (Å²) in [6, 6.07) is 10.8. The Hall–Kier alpha value is -0.414. The molecule has 0 aliphatic rings. The molecule has 0 aliphatic carbocycles. The SMILES string of the molecule is CCCCCCCCCCCCCc1ccccc1Oc1ccc([O-])cc1S(=O)(=O)O.[K+]. The van der Waals surface area contributed by atoms with Crippen LogP contribution in [-0.4, -0.2) is 13.0 Å². The molecule has 0 bridgehead atoms. The van der Waals surface area contributed by atoms with E-state index in [4.69, 9.17) is 4.74 Å². The summed E-state index contributed by atoms with van der Waals surface area (Å²) in [5.41, 5.74) is 0.978. The fourth-order valence-corrected chi connectivity index (χ4v) is 4.31. The van der Waals surface area contributed by atoms with Gasteiger partial charge in [0.1, 0.15) is 16.4 Å². The first-order chi connectivity index (χ1) is 14.9. The van der Waals surface area contributed by atoms with Crippen LogP contribution >= 0.6 is 0 Å². The molecule has 0 unspecified atom stereocenters. The van der Waals surface area contributed by atoms with Gasteiger partial charge < -0.3 is 9.84 Å². The Bertz CT molecular complexity index is 899. The molecule has 0 aromatic heterocycles. The average molecular weight is 487 g/mol. The second-order valence-electron chi connectivity index (χ2n) is 8.08. The van der Waals surface area contributed by atoms with E-state index in [9.17, 15) is 18.1 Å². The largest absolute Gasteiger partial charge is 1.00 e. The van der Waals surface area contributed by atoms with E-state index in [1.807, 2.05) is 18.2 Å². The van der Waals surface area contributed by atoms with Gasteiger partial charge in [0.15, 0.2) is 0 Å². The molecule has 0 atom stereocenters. The molecule has 0 saturated heterocycles. The van der Waals surface area contributed by atoms with Gasteiger partial charge in [0.05, 0.1) is 0 Å². The Morgan fingerprint density at radius 1 is 0.812 bits per heavy atom. The van der Waals surface area contributed by atoms with E-state index in [1.54, 1.807) is 6.07 Å². The number of unbranched alkanes of at least 4 members (excludes halogenated alkanes) is 10. The first kappa shape index (κ1) is 29.6. The Morgan fingerprint density at radius 2 is 1.38 bits per heavy atom. The van der Waals surface area contributed by atoms with Gasteiger partial charge in [-0.15, -0.1) is 5.75 Å². The standard InChI is InChI=1S/C25H36O5S.K/c1-2-3-4-5-6-7-8-9-10-11-12-15-21-16-13-14-17-23(21)30-24-19-18-22(26)20-25(24)31(27,28)29;/h13-14,16-20,26H,2-12,15H2,1H3,(H,27,28,29);/q;+1/p-1. The van der Waals surface area contributed by atoms with E-state index in [0.717, 1.165) is 30.9 Å². The number of hydrogen-bond donors (Lipinski definition) is 1. The van der Waals surface area contributed by atoms with Crippen LogP contribution in [0.25, 0.3) is 0 Å². The van der Waals surface area contributed by atoms with Gasteiger partial charge >= 0.3 is 51.4 Å². The van der Waals surface area contributed by atoms with Crippen molar-refractivity contribution in [2.45, 2.75) is 88.9 Å². The van der Waals surface area contributed by atoms with Crippen LogP contribution in [-0.2, 0) is 16.5 Å². The summed E-state index contributed by atoms with van der Waals surface area (Å²) in [5.74, 6) is -0.0131. The zero-order valence-electron chi connectivity index (χ0n) is 19.5. The topological polar surface area (TPSA) is 86.7 Å². The summed E-state index contributed by atoms with van der Waals surface area (Å²) in [6.07, 6.45) is 14.9. The van der Waals surface area contributed by atoms with Crippen molar-refractivity contribution in [3.05, 3.63) is 48.0 Å². The fraction of sp³-hybridized carbons (Fsp3) is 0.520. The van der Waals surface area contributed by atoms with E-state index >= 15 is 0 Å². The molecule has 0 radical (unpaired) electrons. The molecule has 0 saturated carbocycles. The van der Waals surface area contributed by atoms with Crippen LogP contribution in [0, 0.1) is 0 Å². The molecule has 2 aromatic rings. The molecule has 0 heterocycles. The molecule has 32 heavy (non-hydrogen) atoms. The van der Waals surface area contributed by atoms with E-state index in [2.05, 4.69) is 6.92 Å². The summed E-state index contributed by atoms with van der Waals surface area (Å²) in [6.45, 7) is 2.24. The molecule has 0 fully saturated rings. The minimum atomic E-state index is -4.55. The smallest absolute Gasteiger partial charge is 0.872 e. The minimum Gasteiger partial charge on any atom is -0.872 e. The Kier molecular flexibility index (Phi) is 15.0. The molecule has 7 heteroatoms. The maximum atomic E-state index is 11.6. The first-order valence-electron chi connectivity index (χ1n) is 11.5. The second-order valence-corrected chi connectivity index (χ2v) is 9.47. The van der Waals surface area contributed by atoms with E-state index < -0.39 is 20.8 Å². The van der Waals surface area contributed by atoms with Crippen molar-refractivity contribution < 1.29 is 74.2 Å². The molecule has 0 spiro atoms. The van der Waals surface area contributed by atoms with Gasteiger partial charge in [0, 0.05) is 0 Å². The van der Waals surface area contributed by atoms with Crippen LogP contribution in [0.3, 0.4) is 0 Å². The maximum Gasteiger partial charge on any atom is 1.00 e. The fourth-order valence-electron chi connectivity index (χ4n) is 3.68.